The summed E-state index contributed by atoms with van der Waals surface area (Å²) in [5.74, 6) is 0. The van der Waals surface area contributed by atoms with E-state index in [0.29, 0.717) is 6.04 Å². The fourth-order valence-corrected chi connectivity index (χ4v) is 2.06. The van der Waals surface area contributed by atoms with Crippen LogP contribution in [0.25, 0.3) is 0 Å². The van der Waals surface area contributed by atoms with Crippen LogP contribution in [-0.4, -0.2) is 7.05 Å². The average molecular weight is 205 g/mol. The van der Waals surface area contributed by atoms with E-state index in [2.05, 4.69) is 50.5 Å². The highest BCUT2D eigenvalue weighted by Gasteiger charge is 2.11. The molecular weight excluding hydrogens is 182 g/mol. The molecule has 1 atom stereocenters. The van der Waals surface area contributed by atoms with Gasteiger partial charge >= 0.3 is 0 Å². The molecule has 84 valence electrons. The monoisotopic (exact) mass is 205 g/mol. The van der Waals surface area contributed by atoms with Gasteiger partial charge in [-0.05, 0) is 31.0 Å². The minimum Gasteiger partial charge on any atom is -0.313 e. The molecule has 0 fully saturated rings. The van der Waals surface area contributed by atoms with Crippen molar-refractivity contribution in [1.29, 1.82) is 0 Å². The fraction of sp³-hybridized carbons (Fsp3) is 0.571. The Hall–Kier alpha value is -0.820. The number of nitrogens with one attached hydrogen (secondary N) is 1. The van der Waals surface area contributed by atoms with Crippen LogP contribution in [0.4, 0.5) is 0 Å². The van der Waals surface area contributed by atoms with E-state index in [-0.39, 0.29) is 0 Å². The number of rotatable bonds is 6. The molecule has 0 radical (unpaired) electrons. The first-order valence-corrected chi connectivity index (χ1v) is 6.08. The van der Waals surface area contributed by atoms with Crippen LogP contribution in [0.15, 0.2) is 24.3 Å². The molecule has 0 aromatic heterocycles. The van der Waals surface area contributed by atoms with E-state index in [1.165, 1.54) is 30.4 Å². The summed E-state index contributed by atoms with van der Waals surface area (Å²) in [5.41, 5.74) is 2.96. The Kier molecular flexibility index (Phi) is 5.41. The zero-order chi connectivity index (χ0) is 11.1. The van der Waals surface area contributed by atoms with E-state index >= 15 is 0 Å². The van der Waals surface area contributed by atoms with Crippen molar-refractivity contribution >= 4 is 0 Å². The van der Waals surface area contributed by atoms with Gasteiger partial charge in [0.1, 0.15) is 0 Å². The molecule has 1 nitrogen and oxygen atoms in total. The number of aryl methyl sites for hydroxylation is 1. The SMILES string of the molecule is CCCCC(NC)c1ccccc1CC. The summed E-state index contributed by atoms with van der Waals surface area (Å²) in [5, 5.41) is 3.43. The quantitative estimate of drug-likeness (QED) is 0.746. The molecule has 1 unspecified atom stereocenters. The summed E-state index contributed by atoms with van der Waals surface area (Å²) in [6.45, 7) is 4.48. The number of unbranched alkanes of at least 4 members (excludes halogenated alkanes) is 1. The third-order valence-electron chi connectivity index (χ3n) is 3.01. The minimum atomic E-state index is 0.529. The lowest BCUT2D eigenvalue weighted by atomic mass is 9.95. The van der Waals surface area contributed by atoms with Crippen LogP contribution in [0.1, 0.15) is 50.3 Å². The molecular formula is C14H23N. The summed E-state index contributed by atoms with van der Waals surface area (Å²) < 4.78 is 0. The highest BCUT2D eigenvalue weighted by Crippen LogP contribution is 2.22. The van der Waals surface area contributed by atoms with E-state index in [9.17, 15) is 0 Å². The second kappa shape index (κ2) is 6.62. The minimum absolute atomic E-state index is 0.529. The number of hydrogen-bond donors (Lipinski definition) is 1. The standard InChI is InChI=1S/C14H23N/c1-4-6-11-14(15-3)13-10-8-7-9-12(13)5-2/h7-10,14-15H,4-6,11H2,1-3H3. The predicted molar refractivity (Wildman–Crippen MR) is 67.1 cm³/mol. The molecule has 0 aliphatic heterocycles. The highest BCUT2D eigenvalue weighted by atomic mass is 14.9. The maximum absolute atomic E-state index is 3.43. The van der Waals surface area contributed by atoms with E-state index in [1.54, 1.807) is 0 Å². The normalized spacial score (nSPS) is 12.7. The van der Waals surface area contributed by atoms with Crippen molar-refractivity contribution in [2.45, 2.75) is 45.6 Å². The molecule has 0 spiro atoms. The van der Waals surface area contributed by atoms with Crippen LogP contribution in [-0.2, 0) is 6.42 Å². The Morgan fingerprint density at radius 3 is 2.53 bits per heavy atom. The zero-order valence-corrected chi connectivity index (χ0v) is 10.2. The molecule has 1 N–H and O–H groups in total. The first kappa shape index (κ1) is 12.3. The molecule has 1 aromatic rings. The van der Waals surface area contributed by atoms with Crippen molar-refractivity contribution < 1.29 is 0 Å². The van der Waals surface area contributed by atoms with Crippen molar-refractivity contribution in [1.82, 2.24) is 5.32 Å². The van der Waals surface area contributed by atoms with Gasteiger partial charge in [-0.25, -0.2) is 0 Å². The van der Waals surface area contributed by atoms with E-state index in [1.807, 2.05) is 0 Å². The second-order valence-corrected chi connectivity index (χ2v) is 4.04. The maximum atomic E-state index is 3.43. The Labute approximate surface area is 93.9 Å². The highest BCUT2D eigenvalue weighted by molar-refractivity contribution is 5.29. The molecule has 1 aromatic carbocycles. The average Bonchev–Trinajstić information content (AvgIpc) is 2.30. The first-order valence-electron chi connectivity index (χ1n) is 6.08. The number of benzene rings is 1. The summed E-state index contributed by atoms with van der Waals surface area (Å²) in [4.78, 5) is 0. The van der Waals surface area contributed by atoms with E-state index < -0.39 is 0 Å². The molecule has 15 heavy (non-hydrogen) atoms. The smallest absolute Gasteiger partial charge is 0.0320 e. The van der Waals surface area contributed by atoms with Gasteiger partial charge in [0.25, 0.3) is 0 Å². The topological polar surface area (TPSA) is 12.0 Å². The lowest BCUT2D eigenvalue weighted by Crippen LogP contribution is -2.17. The van der Waals surface area contributed by atoms with Gasteiger partial charge in [0, 0.05) is 6.04 Å². The Morgan fingerprint density at radius 2 is 1.93 bits per heavy atom. The largest absolute Gasteiger partial charge is 0.313 e. The second-order valence-electron chi connectivity index (χ2n) is 4.04. The molecule has 0 heterocycles. The van der Waals surface area contributed by atoms with Gasteiger partial charge in [0.15, 0.2) is 0 Å². The van der Waals surface area contributed by atoms with Crippen LogP contribution in [0.3, 0.4) is 0 Å². The Morgan fingerprint density at radius 1 is 1.20 bits per heavy atom. The van der Waals surface area contributed by atoms with Crippen LogP contribution < -0.4 is 5.32 Å². The van der Waals surface area contributed by atoms with Crippen LogP contribution in [0, 0.1) is 0 Å². The molecule has 0 aliphatic carbocycles. The Balaban J connectivity index is 2.80. The summed E-state index contributed by atoms with van der Waals surface area (Å²) in [7, 11) is 2.06. The number of hydrogen-bond acceptors (Lipinski definition) is 1. The van der Waals surface area contributed by atoms with Gasteiger partial charge in [0.2, 0.25) is 0 Å². The molecule has 0 amide bonds. The van der Waals surface area contributed by atoms with Gasteiger partial charge in [-0.3, -0.25) is 0 Å². The van der Waals surface area contributed by atoms with Crippen LogP contribution >= 0.6 is 0 Å². The third-order valence-corrected chi connectivity index (χ3v) is 3.01. The van der Waals surface area contributed by atoms with Crippen LogP contribution in [0.5, 0.6) is 0 Å². The molecule has 0 saturated heterocycles. The lowest BCUT2D eigenvalue weighted by Gasteiger charge is -2.19. The Bertz CT molecular complexity index is 280. The van der Waals surface area contributed by atoms with Crippen molar-refractivity contribution in [3.05, 3.63) is 35.4 Å². The van der Waals surface area contributed by atoms with Gasteiger partial charge in [0.05, 0.1) is 0 Å². The van der Waals surface area contributed by atoms with Crippen molar-refractivity contribution in [3.63, 3.8) is 0 Å². The third kappa shape index (κ3) is 3.35. The molecule has 0 aliphatic rings. The van der Waals surface area contributed by atoms with Crippen LogP contribution in [0.2, 0.25) is 0 Å². The fourth-order valence-electron chi connectivity index (χ4n) is 2.06. The van der Waals surface area contributed by atoms with Gasteiger partial charge in [-0.1, -0.05) is 51.0 Å². The van der Waals surface area contributed by atoms with E-state index in [0.717, 1.165) is 6.42 Å². The van der Waals surface area contributed by atoms with Crippen molar-refractivity contribution in [3.8, 4) is 0 Å². The maximum Gasteiger partial charge on any atom is 0.0320 e. The first-order chi connectivity index (χ1) is 7.33. The zero-order valence-electron chi connectivity index (χ0n) is 10.2. The molecule has 0 bridgehead atoms. The summed E-state index contributed by atoms with van der Waals surface area (Å²) >= 11 is 0. The lowest BCUT2D eigenvalue weighted by molar-refractivity contribution is 0.519. The van der Waals surface area contributed by atoms with Crippen molar-refractivity contribution in [2.24, 2.45) is 0 Å². The predicted octanol–water partition coefficient (Wildman–Crippen LogP) is 3.70. The summed E-state index contributed by atoms with van der Waals surface area (Å²) in [6, 6.07) is 9.31. The van der Waals surface area contributed by atoms with Gasteiger partial charge in [-0.15, -0.1) is 0 Å². The summed E-state index contributed by atoms with van der Waals surface area (Å²) in [6.07, 6.45) is 4.93. The molecule has 1 rings (SSSR count). The van der Waals surface area contributed by atoms with Crippen molar-refractivity contribution in [2.75, 3.05) is 7.05 Å². The molecule has 0 saturated carbocycles. The van der Waals surface area contributed by atoms with Gasteiger partial charge < -0.3 is 5.32 Å². The molecule has 1 heteroatoms. The van der Waals surface area contributed by atoms with Gasteiger partial charge in [-0.2, -0.15) is 0 Å². The van der Waals surface area contributed by atoms with E-state index in [4.69, 9.17) is 0 Å².